The lowest BCUT2D eigenvalue weighted by Crippen LogP contribution is -2.32. The molecule has 2 nitrogen and oxygen atoms in total. The van der Waals surface area contributed by atoms with Crippen LogP contribution in [0, 0.1) is 19.8 Å². The lowest BCUT2D eigenvalue weighted by atomic mass is 9.79. The summed E-state index contributed by atoms with van der Waals surface area (Å²) in [6, 6.07) is 36.0. The second kappa shape index (κ2) is 13.6. The van der Waals surface area contributed by atoms with E-state index in [9.17, 15) is 0 Å². The number of anilines is 3. The van der Waals surface area contributed by atoms with Gasteiger partial charge in [0.1, 0.15) is 0 Å². The highest BCUT2D eigenvalue weighted by molar-refractivity contribution is 6.09. The van der Waals surface area contributed by atoms with Crippen LogP contribution >= 0.6 is 0 Å². The van der Waals surface area contributed by atoms with Crippen molar-refractivity contribution in [2.45, 2.75) is 111 Å². The maximum atomic E-state index is 2.63. The largest absolute Gasteiger partial charge is 0.338 e. The third kappa shape index (κ3) is 5.81. The van der Waals surface area contributed by atoms with Crippen LogP contribution in [-0.4, -0.2) is 6.04 Å². The van der Waals surface area contributed by atoms with Crippen LogP contribution in [0.5, 0.6) is 0 Å². The van der Waals surface area contributed by atoms with Gasteiger partial charge in [-0.1, -0.05) is 124 Å². The molecule has 0 heterocycles. The molecule has 10 rings (SSSR count). The summed E-state index contributed by atoms with van der Waals surface area (Å²) in [6.45, 7) is 18.7. The van der Waals surface area contributed by atoms with Crippen LogP contribution in [0.2, 0.25) is 0 Å². The fourth-order valence-electron chi connectivity index (χ4n) is 11.0. The number of nitrogens with zero attached hydrogens (tertiary/aromatic N) is 2. The third-order valence-corrected chi connectivity index (χ3v) is 14.4. The van der Waals surface area contributed by atoms with Crippen LogP contribution in [0.4, 0.5) is 17.1 Å². The van der Waals surface area contributed by atoms with Gasteiger partial charge < -0.3 is 9.80 Å². The quantitative estimate of drug-likeness (QED) is 0.159. The molecule has 5 aliphatic carbocycles. The molecule has 5 aromatic rings. The molecular formula is C56H58N2. The molecule has 0 bridgehead atoms. The molecule has 0 N–H and O–H groups in total. The van der Waals surface area contributed by atoms with E-state index < -0.39 is 0 Å². The van der Waals surface area contributed by atoms with Crippen LogP contribution in [0.3, 0.4) is 0 Å². The zero-order valence-corrected chi connectivity index (χ0v) is 35.8. The number of rotatable bonds is 6. The minimum atomic E-state index is -0.110. The molecule has 58 heavy (non-hydrogen) atoms. The minimum Gasteiger partial charge on any atom is -0.338 e. The summed E-state index contributed by atoms with van der Waals surface area (Å²) in [4.78, 5) is 5.17. The molecule has 0 aromatic heterocycles. The Bertz CT molecular complexity index is 2650. The molecule has 0 amide bonds. The summed E-state index contributed by atoms with van der Waals surface area (Å²) < 4.78 is 0. The minimum absolute atomic E-state index is 0.0911. The number of hydrogen-bond acceptors (Lipinski definition) is 2. The second-order valence-corrected chi connectivity index (χ2v) is 19.1. The molecule has 5 aromatic carbocycles. The number of benzene rings is 5. The third-order valence-electron chi connectivity index (χ3n) is 14.4. The average molecular weight is 759 g/mol. The summed E-state index contributed by atoms with van der Waals surface area (Å²) in [5.74, 6) is 0.577. The molecule has 0 radical (unpaired) electrons. The van der Waals surface area contributed by atoms with Crippen molar-refractivity contribution in [1.29, 1.82) is 0 Å². The van der Waals surface area contributed by atoms with Crippen molar-refractivity contribution >= 4 is 33.4 Å². The van der Waals surface area contributed by atoms with Gasteiger partial charge in [0.15, 0.2) is 0 Å². The van der Waals surface area contributed by atoms with Gasteiger partial charge in [0, 0.05) is 45.3 Å². The van der Waals surface area contributed by atoms with Crippen molar-refractivity contribution in [3.63, 3.8) is 0 Å². The summed E-state index contributed by atoms with van der Waals surface area (Å²) in [5.41, 5.74) is 22.1. The second-order valence-electron chi connectivity index (χ2n) is 19.1. The predicted octanol–water partition coefficient (Wildman–Crippen LogP) is 15.1. The highest BCUT2D eigenvalue weighted by atomic mass is 15.2. The van der Waals surface area contributed by atoms with Crippen molar-refractivity contribution in [3.8, 4) is 11.1 Å². The summed E-state index contributed by atoms with van der Waals surface area (Å²) >= 11 is 0. The fraction of sp³-hybridized carbons (Fsp3) is 0.321. The Hall–Kier alpha value is -5.34. The topological polar surface area (TPSA) is 6.48 Å². The summed E-state index contributed by atoms with van der Waals surface area (Å²) in [6.07, 6.45) is 18.7. The van der Waals surface area contributed by atoms with Crippen molar-refractivity contribution < 1.29 is 0 Å². The molecular weight excluding hydrogens is 701 g/mol. The van der Waals surface area contributed by atoms with E-state index in [4.69, 9.17) is 0 Å². The van der Waals surface area contributed by atoms with Gasteiger partial charge in [-0.25, -0.2) is 0 Å². The maximum Gasteiger partial charge on any atom is 0.0458 e. The molecule has 5 aliphatic rings. The first kappa shape index (κ1) is 37.0. The number of allylic oxidation sites excluding steroid dienone is 8. The molecule has 0 saturated carbocycles. The monoisotopic (exact) mass is 758 g/mol. The molecule has 2 heteroatoms. The SMILES string of the molecule is CC1=CCC(N(c2ccc(C)cc2)c2ccc3c(c2)C(C)(C)c2ccc4c5c(ccc4c2-3)C(C)(C)C2=C5CCC(N(C3=CCC(C)C=C3)c3ccc(C)cc3)=C2)CC1. The van der Waals surface area contributed by atoms with Gasteiger partial charge in [-0.2, -0.15) is 0 Å². The highest BCUT2D eigenvalue weighted by Crippen LogP contribution is 2.57. The Kier molecular flexibility index (Phi) is 8.68. The van der Waals surface area contributed by atoms with Crippen LogP contribution in [-0.2, 0) is 10.8 Å². The van der Waals surface area contributed by atoms with E-state index >= 15 is 0 Å². The van der Waals surface area contributed by atoms with Gasteiger partial charge in [0.05, 0.1) is 0 Å². The van der Waals surface area contributed by atoms with E-state index in [0.717, 1.165) is 32.1 Å². The van der Waals surface area contributed by atoms with Crippen LogP contribution in [0.1, 0.15) is 113 Å². The number of hydrogen-bond donors (Lipinski definition) is 0. The summed E-state index contributed by atoms with van der Waals surface area (Å²) in [7, 11) is 0. The molecule has 0 saturated heterocycles. The van der Waals surface area contributed by atoms with Crippen molar-refractivity contribution in [2.24, 2.45) is 5.92 Å². The van der Waals surface area contributed by atoms with E-state index in [1.54, 1.807) is 5.57 Å². The number of fused-ring (bicyclic) bond motifs is 8. The van der Waals surface area contributed by atoms with Crippen molar-refractivity contribution in [2.75, 3.05) is 9.80 Å². The molecule has 2 unspecified atom stereocenters. The zero-order valence-electron chi connectivity index (χ0n) is 35.8. The van der Waals surface area contributed by atoms with E-state index in [0.29, 0.717) is 12.0 Å². The Balaban J connectivity index is 1.08. The Morgan fingerprint density at radius 3 is 1.91 bits per heavy atom. The molecule has 0 aliphatic heterocycles. The lowest BCUT2D eigenvalue weighted by molar-refractivity contribution is 0.575. The van der Waals surface area contributed by atoms with Crippen LogP contribution in [0.15, 0.2) is 144 Å². The van der Waals surface area contributed by atoms with Gasteiger partial charge in [0.2, 0.25) is 0 Å². The van der Waals surface area contributed by atoms with Crippen LogP contribution < -0.4 is 9.80 Å². The Labute approximate surface area is 347 Å². The predicted molar refractivity (Wildman–Crippen MR) is 248 cm³/mol. The van der Waals surface area contributed by atoms with Crippen molar-refractivity contribution in [3.05, 3.63) is 177 Å². The van der Waals surface area contributed by atoms with Gasteiger partial charge in [-0.3, -0.25) is 0 Å². The van der Waals surface area contributed by atoms with Gasteiger partial charge in [-0.15, -0.1) is 0 Å². The van der Waals surface area contributed by atoms with E-state index in [2.05, 4.69) is 187 Å². The zero-order chi connectivity index (χ0) is 40.1. The fourth-order valence-corrected chi connectivity index (χ4v) is 11.0. The number of aryl methyl sites for hydroxylation is 2. The smallest absolute Gasteiger partial charge is 0.0458 e. The first-order valence-corrected chi connectivity index (χ1v) is 21.9. The molecule has 0 spiro atoms. The Morgan fingerprint density at radius 1 is 0.603 bits per heavy atom. The van der Waals surface area contributed by atoms with Crippen LogP contribution in [0.25, 0.3) is 27.5 Å². The Morgan fingerprint density at radius 2 is 1.26 bits per heavy atom. The first-order chi connectivity index (χ1) is 27.9. The van der Waals surface area contributed by atoms with E-state index in [1.165, 1.54) is 101 Å². The lowest BCUT2D eigenvalue weighted by Gasteiger charge is -2.36. The van der Waals surface area contributed by atoms with E-state index in [1.807, 2.05) is 0 Å². The first-order valence-electron chi connectivity index (χ1n) is 21.9. The maximum absolute atomic E-state index is 2.63. The molecule has 292 valence electrons. The standard InChI is InChI=1S/C56H58N2/c1-35-9-17-39(18-10-35)57(40-19-11-36(2)12-20-40)43-25-27-47-51(33-43)55(5,6)49-31-29-46-45(53(47)49)30-32-50-54(46)48-28-26-44(34-52(48)56(50,7)8)58(41-21-13-37(3)14-22-41)42-23-15-38(4)16-24-42/h9-11,13-15,17-22,26,28-34,36,42H,12,16,23-25,27H2,1-8H3. The normalized spacial score (nSPS) is 21.1. The van der Waals surface area contributed by atoms with Gasteiger partial charge >= 0.3 is 0 Å². The van der Waals surface area contributed by atoms with Gasteiger partial charge in [-0.05, 0) is 169 Å². The molecule has 0 fully saturated rings. The van der Waals surface area contributed by atoms with Crippen molar-refractivity contribution in [1.82, 2.24) is 0 Å². The average Bonchev–Trinajstić information content (AvgIpc) is 3.60. The van der Waals surface area contributed by atoms with E-state index in [-0.39, 0.29) is 10.8 Å². The summed E-state index contributed by atoms with van der Waals surface area (Å²) in [5, 5.41) is 2.80. The molecule has 2 atom stereocenters. The van der Waals surface area contributed by atoms with Gasteiger partial charge in [0.25, 0.3) is 0 Å². The highest BCUT2D eigenvalue weighted by Gasteiger charge is 2.42.